The SMILES string of the molecule is COc1cc(-c2cc(Cl)nc(C(C)C)n2)ccc1Cl. The maximum Gasteiger partial charge on any atom is 0.138 e. The zero-order valence-electron chi connectivity index (χ0n) is 10.9. The fraction of sp³-hybridized carbons (Fsp3) is 0.286. The van der Waals surface area contributed by atoms with Crippen LogP contribution in [0.2, 0.25) is 10.2 Å². The lowest BCUT2D eigenvalue weighted by molar-refractivity contribution is 0.415. The molecule has 0 N–H and O–H groups in total. The minimum absolute atomic E-state index is 0.214. The Hall–Kier alpha value is -1.32. The van der Waals surface area contributed by atoms with Crippen molar-refractivity contribution in [2.45, 2.75) is 19.8 Å². The molecule has 0 aliphatic carbocycles. The molecule has 19 heavy (non-hydrogen) atoms. The summed E-state index contributed by atoms with van der Waals surface area (Å²) in [5.74, 6) is 1.54. The Kier molecular flexibility index (Phi) is 4.27. The topological polar surface area (TPSA) is 35.0 Å². The van der Waals surface area contributed by atoms with E-state index in [1.165, 1.54) is 0 Å². The summed E-state index contributed by atoms with van der Waals surface area (Å²) in [5.41, 5.74) is 1.66. The zero-order valence-corrected chi connectivity index (χ0v) is 12.5. The second kappa shape index (κ2) is 5.76. The van der Waals surface area contributed by atoms with Crippen LogP contribution in [0, 0.1) is 0 Å². The van der Waals surface area contributed by atoms with Crippen LogP contribution in [-0.2, 0) is 0 Å². The fourth-order valence-electron chi connectivity index (χ4n) is 1.66. The van der Waals surface area contributed by atoms with Crippen molar-refractivity contribution in [1.29, 1.82) is 0 Å². The van der Waals surface area contributed by atoms with Gasteiger partial charge in [-0.3, -0.25) is 0 Å². The summed E-state index contributed by atoms with van der Waals surface area (Å²) < 4.78 is 5.21. The molecule has 1 aromatic carbocycles. The first kappa shape index (κ1) is 14.1. The Morgan fingerprint density at radius 2 is 1.84 bits per heavy atom. The Bertz CT molecular complexity index is 600. The molecule has 0 aliphatic rings. The highest BCUT2D eigenvalue weighted by molar-refractivity contribution is 6.32. The number of ether oxygens (including phenoxy) is 1. The van der Waals surface area contributed by atoms with E-state index in [-0.39, 0.29) is 5.92 Å². The van der Waals surface area contributed by atoms with E-state index in [1.54, 1.807) is 19.2 Å². The van der Waals surface area contributed by atoms with Crippen LogP contribution in [0.25, 0.3) is 11.3 Å². The van der Waals surface area contributed by atoms with Crippen LogP contribution in [0.4, 0.5) is 0 Å². The molecule has 0 fully saturated rings. The normalized spacial score (nSPS) is 10.8. The number of hydrogen-bond acceptors (Lipinski definition) is 3. The van der Waals surface area contributed by atoms with E-state index < -0.39 is 0 Å². The minimum Gasteiger partial charge on any atom is -0.495 e. The number of halogens is 2. The maximum atomic E-state index is 6.04. The van der Waals surface area contributed by atoms with E-state index >= 15 is 0 Å². The second-order valence-electron chi connectivity index (χ2n) is 4.44. The van der Waals surface area contributed by atoms with Gasteiger partial charge in [0.1, 0.15) is 16.7 Å². The van der Waals surface area contributed by atoms with Crippen molar-refractivity contribution in [3.8, 4) is 17.0 Å². The summed E-state index contributed by atoms with van der Waals surface area (Å²) in [6.07, 6.45) is 0. The van der Waals surface area contributed by atoms with E-state index in [9.17, 15) is 0 Å². The van der Waals surface area contributed by atoms with Gasteiger partial charge in [0.2, 0.25) is 0 Å². The molecule has 0 aliphatic heterocycles. The van der Waals surface area contributed by atoms with Crippen molar-refractivity contribution in [2.24, 2.45) is 0 Å². The Labute approximate surface area is 122 Å². The van der Waals surface area contributed by atoms with Gasteiger partial charge < -0.3 is 4.74 Å². The Balaban J connectivity index is 2.52. The number of hydrogen-bond donors (Lipinski definition) is 0. The Morgan fingerprint density at radius 3 is 2.47 bits per heavy atom. The third-order valence-corrected chi connectivity index (χ3v) is 3.18. The van der Waals surface area contributed by atoms with Crippen LogP contribution < -0.4 is 4.74 Å². The van der Waals surface area contributed by atoms with Crippen LogP contribution >= 0.6 is 23.2 Å². The molecule has 0 spiro atoms. The van der Waals surface area contributed by atoms with Crippen LogP contribution in [0.5, 0.6) is 5.75 Å². The zero-order chi connectivity index (χ0) is 14.0. The summed E-state index contributed by atoms with van der Waals surface area (Å²) >= 11 is 12.1. The lowest BCUT2D eigenvalue weighted by Gasteiger charge is -2.09. The molecule has 0 saturated heterocycles. The first-order valence-electron chi connectivity index (χ1n) is 5.89. The first-order chi connectivity index (χ1) is 9.01. The predicted octanol–water partition coefficient (Wildman–Crippen LogP) is 4.58. The van der Waals surface area contributed by atoms with E-state index in [2.05, 4.69) is 9.97 Å². The van der Waals surface area contributed by atoms with Crippen LogP contribution in [0.15, 0.2) is 24.3 Å². The van der Waals surface area contributed by atoms with Crippen LogP contribution in [0.1, 0.15) is 25.6 Å². The maximum absolute atomic E-state index is 6.04. The molecule has 5 heteroatoms. The van der Waals surface area contributed by atoms with Gasteiger partial charge in [-0.15, -0.1) is 0 Å². The van der Waals surface area contributed by atoms with E-state index in [0.29, 0.717) is 15.9 Å². The highest BCUT2D eigenvalue weighted by Crippen LogP contribution is 2.30. The highest BCUT2D eigenvalue weighted by atomic mass is 35.5. The summed E-state index contributed by atoms with van der Waals surface area (Å²) in [6.45, 7) is 4.05. The second-order valence-corrected chi connectivity index (χ2v) is 5.23. The van der Waals surface area contributed by atoms with Gasteiger partial charge in [0.25, 0.3) is 0 Å². The average Bonchev–Trinajstić information content (AvgIpc) is 2.38. The minimum atomic E-state index is 0.214. The van der Waals surface area contributed by atoms with Crippen LogP contribution in [0.3, 0.4) is 0 Å². The van der Waals surface area contributed by atoms with Crippen LogP contribution in [-0.4, -0.2) is 17.1 Å². The molecule has 0 amide bonds. The van der Waals surface area contributed by atoms with Crippen molar-refractivity contribution in [2.75, 3.05) is 7.11 Å². The molecule has 1 aromatic heterocycles. The molecular formula is C14H14Cl2N2O. The molecule has 2 rings (SSSR count). The highest BCUT2D eigenvalue weighted by Gasteiger charge is 2.10. The smallest absolute Gasteiger partial charge is 0.138 e. The summed E-state index contributed by atoms with van der Waals surface area (Å²) in [5, 5.41) is 0.998. The van der Waals surface area contributed by atoms with Gasteiger partial charge in [-0.25, -0.2) is 9.97 Å². The molecule has 0 atom stereocenters. The third kappa shape index (κ3) is 3.17. The average molecular weight is 297 g/mol. The molecule has 0 radical (unpaired) electrons. The quantitative estimate of drug-likeness (QED) is 0.778. The van der Waals surface area contributed by atoms with Gasteiger partial charge in [0.15, 0.2) is 0 Å². The number of aromatic nitrogens is 2. The first-order valence-corrected chi connectivity index (χ1v) is 6.65. The monoisotopic (exact) mass is 296 g/mol. The molecule has 3 nitrogen and oxygen atoms in total. The molecule has 0 bridgehead atoms. The van der Waals surface area contributed by atoms with Gasteiger partial charge in [-0.05, 0) is 12.1 Å². The Morgan fingerprint density at radius 1 is 1.11 bits per heavy atom. The molecule has 0 saturated carbocycles. The summed E-state index contributed by atoms with van der Waals surface area (Å²) in [7, 11) is 1.58. The predicted molar refractivity (Wildman–Crippen MR) is 78.1 cm³/mol. The molecular weight excluding hydrogens is 283 g/mol. The fourth-order valence-corrected chi connectivity index (χ4v) is 2.05. The van der Waals surface area contributed by atoms with E-state index in [1.807, 2.05) is 26.0 Å². The van der Waals surface area contributed by atoms with Crippen molar-refractivity contribution in [1.82, 2.24) is 9.97 Å². The number of methoxy groups -OCH3 is 1. The number of benzene rings is 1. The van der Waals surface area contributed by atoms with E-state index in [0.717, 1.165) is 17.1 Å². The van der Waals surface area contributed by atoms with E-state index in [4.69, 9.17) is 27.9 Å². The lowest BCUT2D eigenvalue weighted by atomic mass is 10.1. The molecule has 2 aromatic rings. The number of nitrogens with zero attached hydrogens (tertiary/aromatic N) is 2. The molecule has 100 valence electrons. The van der Waals surface area contributed by atoms with Gasteiger partial charge in [-0.1, -0.05) is 43.1 Å². The van der Waals surface area contributed by atoms with Gasteiger partial charge in [0.05, 0.1) is 17.8 Å². The molecule has 0 unspecified atom stereocenters. The molecule has 1 heterocycles. The van der Waals surface area contributed by atoms with Crippen molar-refractivity contribution in [3.63, 3.8) is 0 Å². The lowest BCUT2D eigenvalue weighted by Crippen LogP contribution is -1.99. The van der Waals surface area contributed by atoms with Crippen molar-refractivity contribution >= 4 is 23.2 Å². The van der Waals surface area contributed by atoms with Gasteiger partial charge in [0, 0.05) is 17.5 Å². The van der Waals surface area contributed by atoms with Gasteiger partial charge >= 0.3 is 0 Å². The van der Waals surface area contributed by atoms with Crippen molar-refractivity contribution < 1.29 is 4.74 Å². The van der Waals surface area contributed by atoms with Crippen molar-refractivity contribution in [3.05, 3.63) is 40.3 Å². The third-order valence-electron chi connectivity index (χ3n) is 2.68. The summed E-state index contributed by atoms with van der Waals surface area (Å²) in [4.78, 5) is 8.73. The largest absolute Gasteiger partial charge is 0.495 e. The standard InChI is InChI=1S/C14H14Cl2N2O/c1-8(2)14-17-11(7-13(16)18-14)9-4-5-10(15)12(6-9)19-3/h4-8H,1-3H3. The van der Waals surface area contributed by atoms with Gasteiger partial charge in [-0.2, -0.15) is 0 Å². The summed E-state index contributed by atoms with van der Waals surface area (Å²) in [6, 6.07) is 7.23. The number of rotatable bonds is 3.